The van der Waals surface area contributed by atoms with E-state index in [1.54, 1.807) is 12.1 Å². The number of benzene rings is 1. The van der Waals surface area contributed by atoms with Crippen LogP contribution in [0.2, 0.25) is 5.02 Å². The molecular weight excluding hydrogens is 350 g/mol. The van der Waals surface area contributed by atoms with Gasteiger partial charge in [0.1, 0.15) is 0 Å². The van der Waals surface area contributed by atoms with E-state index in [1.165, 1.54) is 11.3 Å². The van der Waals surface area contributed by atoms with Crippen molar-refractivity contribution in [1.82, 2.24) is 9.78 Å². The predicted molar refractivity (Wildman–Crippen MR) is 93.5 cm³/mol. The molecule has 3 aromatic rings. The minimum Gasteiger partial charge on any atom is -0.387 e. The van der Waals surface area contributed by atoms with Crippen molar-refractivity contribution in [1.29, 1.82) is 0 Å². The highest BCUT2D eigenvalue weighted by Crippen LogP contribution is 2.23. The molecule has 0 aliphatic rings. The SMILES string of the molecule is Cc1ccc(NC(=O)CCn2nc(-c3cccs3)oc2=O)c(Cl)c1. The van der Waals surface area contributed by atoms with Crippen LogP contribution < -0.4 is 11.1 Å². The Bertz CT molecular complexity index is 915. The summed E-state index contributed by atoms with van der Waals surface area (Å²) in [4.78, 5) is 24.6. The molecule has 0 atom stereocenters. The minimum atomic E-state index is -0.584. The number of rotatable bonds is 5. The third-order valence-corrected chi connectivity index (χ3v) is 4.46. The first-order valence-corrected chi connectivity index (χ1v) is 8.46. The van der Waals surface area contributed by atoms with Crippen molar-refractivity contribution in [3.05, 3.63) is 56.8 Å². The van der Waals surface area contributed by atoms with Crippen molar-refractivity contribution in [3.63, 3.8) is 0 Å². The lowest BCUT2D eigenvalue weighted by Gasteiger charge is -2.07. The van der Waals surface area contributed by atoms with E-state index in [-0.39, 0.29) is 24.8 Å². The summed E-state index contributed by atoms with van der Waals surface area (Å²) in [6, 6.07) is 9.03. The van der Waals surface area contributed by atoms with Crippen molar-refractivity contribution in [2.24, 2.45) is 0 Å². The van der Waals surface area contributed by atoms with Crippen molar-refractivity contribution in [3.8, 4) is 10.8 Å². The van der Waals surface area contributed by atoms with E-state index in [0.29, 0.717) is 10.7 Å². The van der Waals surface area contributed by atoms with E-state index in [0.717, 1.165) is 15.1 Å². The van der Waals surface area contributed by atoms with Crippen molar-refractivity contribution in [2.75, 3.05) is 5.32 Å². The average molecular weight is 364 g/mol. The van der Waals surface area contributed by atoms with Crippen LogP contribution in [-0.2, 0) is 11.3 Å². The number of aryl methyl sites for hydroxylation is 2. The number of nitrogens with one attached hydrogen (secondary N) is 1. The van der Waals surface area contributed by atoms with E-state index in [2.05, 4.69) is 10.4 Å². The van der Waals surface area contributed by atoms with Gasteiger partial charge in [0.15, 0.2) is 0 Å². The van der Waals surface area contributed by atoms with Gasteiger partial charge >= 0.3 is 5.76 Å². The molecular formula is C16H14ClN3O3S. The van der Waals surface area contributed by atoms with Gasteiger partial charge in [-0.25, -0.2) is 4.79 Å². The molecule has 1 N–H and O–H groups in total. The quantitative estimate of drug-likeness (QED) is 0.751. The monoisotopic (exact) mass is 363 g/mol. The summed E-state index contributed by atoms with van der Waals surface area (Å²) in [7, 11) is 0. The second kappa shape index (κ2) is 7.02. The Labute approximate surface area is 146 Å². The second-order valence-corrected chi connectivity index (χ2v) is 6.51. The Morgan fingerprint density at radius 2 is 2.25 bits per heavy atom. The number of carbonyl (C=O) groups is 1. The number of halogens is 1. The van der Waals surface area contributed by atoms with E-state index < -0.39 is 5.76 Å². The van der Waals surface area contributed by atoms with Gasteiger partial charge in [-0.1, -0.05) is 23.7 Å². The van der Waals surface area contributed by atoms with E-state index >= 15 is 0 Å². The van der Waals surface area contributed by atoms with Crippen molar-refractivity contribution < 1.29 is 9.21 Å². The third-order valence-electron chi connectivity index (χ3n) is 3.29. The number of nitrogens with zero attached hydrogens (tertiary/aromatic N) is 2. The number of hydrogen-bond donors (Lipinski definition) is 1. The molecule has 0 bridgehead atoms. The van der Waals surface area contributed by atoms with Gasteiger partial charge in [0, 0.05) is 6.42 Å². The molecule has 3 rings (SSSR count). The van der Waals surface area contributed by atoms with Crippen LogP contribution >= 0.6 is 22.9 Å². The second-order valence-electron chi connectivity index (χ2n) is 5.16. The fourth-order valence-electron chi connectivity index (χ4n) is 2.09. The van der Waals surface area contributed by atoms with Crippen LogP contribution in [0, 0.1) is 6.92 Å². The van der Waals surface area contributed by atoms with Crippen LogP contribution in [-0.4, -0.2) is 15.7 Å². The lowest BCUT2D eigenvalue weighted by Crippen LogP contribution is -2.21. The van der Waals surface area contributed by atoms with Gasteiger partial charge in [-0.3, -0.25) is 4.79 Å². The molecule has 6 nitrogen and oxygen atoms in total. The van der Waals surface area contributed by atoms with Crippen LogP contribution in [0.15, 0.2) is 44.9 Å². The zero-order chi connectivity index (χ0) is 17.1. The number of hydrogen-bond acceptors (Lipinski definition) is 5. The predicted octanol–water partition coefficient (Wildman–Crippen LogP) is 3.56. The number of anilines is 1. The number of aromatic nitrogens is 2. The molecule has 0 aliphatic carbocycles. The first-order chi connectivity index (χ1) is 11.5. The zero-order valence-electron chi connectivity index (χ0n) is 12.8. The number of amides is 1. The van der Waals surface area contributed by atoms with Crippen molar-refractivity contribution in [2.45, 2.75) is 19.9 Å². The molecule has 2 heterocycles. The summed E-state index contributed by atoms with van der Waals surface area (Å²) in [5.74, 6) is -0.579. The Hall–Kier alpha value is -2.38. The molecule has 0 spiro atoms. The smallest absolute Gasteiger partial charge is 0.387 e. The molecule has 0 unspecified atom stereocenters. The maximum Gasteiger partial charge on any atom is 0.437 e. The summed E-state index contributed by atoms with van der Waals surface area (Å²) in [5, 5.41) is 9.16. The molecule has 0 radical (unpaired) electrons. The van der Waals surface area contributed by atoms with Gasteiger partial charge in [-0.05, 0) is 36.1 Å². The fraction of sp³-hybridized carbons (Fsp3) is 0.188. The lowest BCUT2D eigenvalue weighted by atomic mass is 10.2. The number of carbonyl (C=O) groups excluding carboxylic acids is 1. The third kappa shape index (κ3) is 3.74. The molecule has 0 aliphatic heterocycles. The first-order valence-electron chi connectivity index (χ1n) is 7.21. The summed E-state index contributed by atoms with van der Waals surface area (Å²) in [5.41, 5.74) is 1.55. The van der Waals surface area contributed by atoms with Gasteiger partial charge in [0.05, 0.1) is 22.1 Å². The summed E-state index contributed by atoms with van der Waals surface area (Å²) >= 11 is 7.50. The van der Waals surface area contributed by atoms with Crippen LogP contribution in [0.5, 0.6) is 0 Å². The fourth-order valence-corrected chi connectivity index (χ4v) is 3.02. The largest absolute Gasteiger partial charge is 0.437 e. The summed E-state index contributed by atoms with van der Waals surface area (Å²) < 4.78 is 6.24. The Morgan fingerprint density at radius 3 is 2.96 bits per heavy atom. The highest BCUT2D eigenvalue weighted by molar-refractivity contribution is 7.13. The summed E-state index contributed by atoms with van der Waals surface area (Å²) in [6.07, 6.45) is 0.0839. The van der Waals surface area contributed by atoms with Gasteiger partial charge in [0.25, 0.3) is 5.89 Å². The van der Waals surface area contributed by atoms with Gasteiger partial charge in [-0.15, -0.1) is 16.4 Å². The minimum absolute atomic E-state index is 0.0839. The first kappa shape index (κ1) is 16.5. The van der Waals surface area contributed by atoms with Crippen molar-refractivity contribution >= 4 is 34.5 Å². The zero-order valence-corrected chi connectivity index (χ0v) is 14.4. The molecule has 0 saturated heterocycles. The standard InChI is InChI=1S/C16H14ClN3O3S/c1-10-4-5-12(11(17)9-10)18-14(21)6-7-20-16(22)23-15(19-20)13-3-2-8-24-13/h2-5,8-9H,6-7H2,1H3,(H,18,21). The van der Waals surface area contributed by atoms with E-state index in [9.17, 15) is 9.59 Å². The normalized spacial score (nSPS) is 10.8. The Morgan fingerprint density at radius 1 is 1.42 bits per heavy atom. The highest BCUT2D eigenvalue weighted by atomic mass is 35.5. The van der Waals surface area contributed by atoms with Gasteiger partial charge < -0.3 is 9.73 Å². The molecule has 24 heavy (non-hydrogen) atoms. The molecule has 0 saturated carbocycles. The maximum absolute atomic E-state index is 12.0. The van der Waals surface area contributed by atoms with E-state index in [4.69, 9.17) is 16.0 Å². The molecule has 2 aromatic heterocycles. The van der Waals surface area contributed by atoms with Crippen LogP contribution in [0.25, 0.3) is 10.8 Å². The highest BCUT2D eigenvalue weighted by Gasteiger charge is 2.13. The maximum atomic E-state index is 12.0. The van der Waals surface area contributed by atoms with Crippen LogP contribution in [0.4, 0.5) is 5.69 Å². The molecule has 8 heteroatoms. The lowest BCUT2D eigenvalue weighted by molar-refractivity contribution is -0.116. The Balaban J connectivity index is 1.63. The van der Waals surface area contributed by atoms with Gasteiger partial charge in [0.2, 0.25) is 5.91 Å². The number of thiophene rings is 1. The van der Waals surface area contributed by atoms with Crippen LogP contribution in [0.1, 0.15) is 12.0 Å². The summed E-state index contributed by atoms with van der Waals surface area (Å²) in [6.45, 7) is 2.04. The molecule has 0 fully saturated rings. The topological polar surface area (TPSA) is 77.1 Å². The van der Waals surface area contributed by atoms with Crippen LogP contribution in [0.3, 0.4) is 0 Å². The Kier molecular flexibility index (Phi) is 4.82. The molecule has 124 valence electrons. The van der Waals surface area contributed by atoms with E-state index in [1.807, 2.05) is 30.5 Å². The van der Waals surface area contributed by atoms with Gasteiger partial charge in [-0.2, -0.15) is 4.68 Å². The average Bonchev–Trinajstić information content (AvgIpc) is 3.17. The molecule has 1 aromatic carbocycles. The molecule has 1 amide bonds.